The van der Waals surface area contributed by atoms with Crippen LogP contribution in [0.2, 0.25) is 0 Å². The van der Waals surface area contributed by atoms with Gasteiger partial charge in [-0.25, -0.2) is 0 Å². The van der Waals surface area contributed by atoms with Crippen LogP contribution in [0.3, 0.4) is 0 Å². The molecule has 2 aromatic rings. The maximum Gasteiger partial charge on any atom is 0.141 e. The number of para-hydroxylation sites is 1. The Morgan fingerprint density at radius 2 is 1.89 bits per heavy atom. The summed E-state index contributed by atoms with van der Waals surface area (Å²) in [6, 6.07) is 16.3. The number of rotatable bonds is 3. The molecule has 2 aromatic carbocycles. The van der Waals surface area contributed by atoms with E-state index in [-0.39, 0.29) is 11.7 Å². The summed E-state index contributed by atoms with van der Waals surface area (Å²) in [5.41, 5.74) is 4.65. The van der Waals surface area contributed by atoms with E-state index in [1.807, 2.05) is 30.3 Å². The molecule has 2 heteroatoms. The zero-order valence-corrected chi connectivity index (χ0v) is 11.0. The highest BCUT2D eigenvalue weighted by Crippen LogP contribution is 2.35. The Hall–Kier alpha value is -2.09. The second-order valence-corrected chi connectivity index (χ2v) is 5.01. The highest BCUT2D eigenvalue weighted by molar-refractivity contribution is 5.89. The molecule has 0 saturated carbocycles. The SMILES string of the molecule is CC(=O)[C@@H](c1ccccc1)c1cccc2c1NCC2. The molecule has 1 N–H and O–H groups in total. The predicted molar refractivity (Wildman–Crippen MR) is 77.6 cm³/mol. The van der Waals surface area contributed by atoms with Crippen LogP contribution >= 0.6 is 0 Å². The lowest BCUT2D eigenvalue weighted by Gasteiger charge is -2.18. The third kappa shape index (κ3) is 2.14. The van der Waals surface area contributed by atoms with Crippen molar-refractivity contribution in [3.8, 4) is 0 Å². The van der Waals surface area contributed by atoms with E-state index in [4.69, 9.17) is 0 Å². The number of benzene rings is 2. The molecule has 0 saturated heterocycles. The van der Waals surface area contributed by atoms with Gasteiger partial charge in [0.05, 0.1) is 5.92 Å². The van der Waals surface area contributed by atoms with E-state index >= 15 is 0 Å². The Morgan fingerprint density at radius 3 is 2.63 bits per heavy atom. The summed E-state index contributed by atoms with van der Waals surface area (Å²) in [7, 11) is 0. The molecular weight excluding hydrogens is 234 g/mol. The average Bonchev–Trinajstić information content (AvgIpc) is 2.89. The molecule has 1 heterocycles. The van der Waals surface area contributed by atoms with Crippen molar-refractivity contribution in [1.82, 2.24) is 0 Å². The fraction of sp³-hybridized carbons (Fsp3) is 0.235. The predicted octanol–water partition coefficient (Wildman–Crippen LogP) is 3.38. The molecule has 3 rings (SSSR count). The van der Waals surface area contributed by atoms with Crippen LogP contribution in [0.25, 0.3) is 0 Å². The molecule has 0 aromatic heterocycles. The van der Waals surface area contributed by atoms with Crippen LogP contribution in [0.1, 0.15) is 29.5 Å². The number of hydrogen-bond donors (Lipinski definition) is 1. The highest BCUT2D eigenvalue weighted by atomic mass is 16.1. The van der Waals surface area contributed by atoms with Gasteiger partial charge in [0.2, 0.25) is 0 Å². The van der Waals surface area contributed by atoms with E-state index in [2.05, 4.69) is 23.5 Å². The molecule has 1 atom stereocenters. The van der Waals surface area contributed by atoms with Crippen molar-refractivity contribution in [2.75, 3.05) is 11.9 Å². The fourth-order valence-corrected chi connectivity index (χ4v) is 2.89. The van der Waals surface area contributed by atoms with Crippen LogP contribution in [-0.2, 0) is 11.2 Å². The molecule has 19 heavy (non-hydrogen) atoms. The van der Waals surface area contributed by atoms with Crippen LogP contribution in [-0.4, -0.2) is 12.3 Å². The van der Waals surface area contributed by atoms with E-state index in [0.717, 1.165) is 29.8 Å². The Balaban J connectivity index is 2.12. The van der Waals surface area contributed by atoms with Crippen LogP contribution in [0.5, 0.6) is 0 Å². The fourth-order valence-electron chi connectivity index (χ4n) is 2.89. The Labute approximate surface area is 113 Å². The van der Waals surface area contributed by atoms with E-state index in [1.54, 1.807) is 6.92 Å². The normalized spacial score (nSPS) is 14.6. The number of anilines is 1. The van der Waals surface area contributed by atoms with Gasteiger partial charge in [0.1, 0.15) is 5.78 Å². The first kappa shape index (κ1) is 12.0. The largest absolute Gasteiger partial charge is 0.384 e. The summed E-state index contributed by atoms with van der Waals surface area (Å²) in [4.78, 5) is 12.1. The van der Waals surface area contributed by atoms with Crippen LogP contribution in [0.4, 0.5) is 5.69 Å². The van der Waals surface area contributed by atoms with E-state index in [9.17, 15) is 4.79 Å². The number of ketones is 1. The van der Waals surface area contributed by atoms with Gasteiger partial charge in [-0.15, -0.1) is 0 Å². The van der Waals surface area contributed by atoms with Gasteiger partial charge in [-0.05, 0) is 30.0 Å². The first-order chi connectivity index (χ1) is 9.27. The number of fused-ring (bicyclic) bond motifs is 1. The van der Waals surface area contributed by atoms with E-state index in [0.29, 0.717) is 0 Å². The Kier molecular flexibility index (Phi) is 3.08. The van der Waals surface area contributed by atoms with Gasteiger partial charge in [-0.3, -0.25) is 4.79 Å². The van der Waals surface area contributed by atoms with Gasteiger partial charge in [0, 0.05) is 12.2 Å². The molecule has 0 fully saturated rings. The molecule has 0 aliphatic carbocycles. The monoisotopic (exact) mass is 251 g/mol. The number of carbonyl (C=O) groups excluding carboxylic acids is 1. The van der Waals surface area contributed by atoms with Crippen molar-refractivity contribution in [3.05, 3.63) is 65.2 Å². The van der Waals surface area contributed by atoms with Crippen molar-refractivity contribution in [2.45, 2.75) is 19.3 Å². The minimum Gasteiger partial charge on any atom is -0.384 e. The first-order valence-corrected chi connectivity index (χ1v) is 6.68. The van der Waals surface area contributed by atoms with Gasteiger partial charge in [-0.1, -0.05) is 48.5 Å². The third-order valence-electron chi connectivity index (χ3n) is 3.73. The lowest BCUT2D eigenvalue weighted by molar-refractivity contribution is -0.117. The number of hydrogen-bond acceptors (Lipinski definition) is 2. The van der Waals surface area contributed by atoms with Gasteiger partial charge in [0.15, 0.2) is 0 Å². The smallest absolute Gasteiger partial charge is 0.141 e. The summed E-state index contributed by atoms with van der Waals surface area (Å²) in [5, 5.41) is 3.42. The minimum atomic E-state index is -0.165. The summed E-state index contributed by atoms with van der Waals surface area (Å²) >= 11 is 0. The topological polar surface area (TPSA) is 29.1 Å². The van der Waals surface area contributed by atoms with Crippen molar-refractivity contribution < 1.29 is 4.79 Å². The first-order valence-electron chi connectivity index (χ1n) is 6.68. The number of nitrogens with one attached hydrogen (secondary N) is 1. The lowest BCUT2D eigenvalue weighted by atomic mass is 9.86. The van der Waals surface area contributed by atoms with E-state index in [1.165, 1.54) is 5.56 Å². The van der Waals surface area contributed by atoms with Crippen molar-refractivity contribution in [3.63, 3.8) is 0 Å². The van der Waals surface area contributed by atoms with E-state index < -0.39 is 0 Å². The quantitative estimate of drug-likeness (QED) is 0.906. The van der Waals surface area contributed by atoms with Gasteiger partial charge in [0.25, 0.3) is 0 Å². The molecule has 0 spiro atoms. The molecule has 2 nitrogen and oxygen atoms in total. The Morgan fingerprint density at radius 1 is 1.11 bits per heavy atom. The summed E-state index contributed by atoms with van der Waals surface area (Å²) in [5.74, 6) is 0.0232. The third-order valence-corrected chi connectivity index (χ3v) is 3.73. The molecule has 0 radical (unpaired) electrons. The van der Waals surface area contributed by atoms with Crippen LogP contribution in [0.15, 0.2) is 48.5 Å². The van der Waals surface area contributed by atoms with Crippen molar-refractivity contribution >= 4 is 11.5 Å². The zero-order chi connectivity index (χ0) is 13.2. The summed E-state index contributed by atoms with van der Waals surface area (Å²) < 4.78 is 0. The molecule has 0 amide bonds. The molecule has 0 bridgehead atoms. The van der Waals surface area contributed by atoms with Crippen molar-refractivity contribution in [2.24, 2.45) is 0 Å². The maximum atomic E-state index is 12.1. The number of carbonyl (C=O) groups is 1. The average molecular weight is 251 g/mol. The molecular formula is C17H17NO. The number of Topliss-reactive ketones (excluding diaryl/α,β-unsaturated/α-hetero) is 1. The minimum absolute atomic E-state index is 0.165. The van der Waals surface area contributed by atoms with Crippen molar-refractivity contribution in [1.29, 1.82) is 0 Å². The highest BCUT2D eigenvalue weighted by Gasteiger charge is 2.24. The standard InChI is InChI=1S/C17H17NO/c1-12(19)16(13-6-3-2-4-7-13)15-9-5-8-14-10-11-18-17(14)15/h2-9,16,18H,10-11H2,1H3/t16-/m0/s1. The Bertz CT molecular complexity index is 604. The maximum absolute atomic E-state index is 12.1. The van der Waals surface area contributed by atoms with Crippen LogP contribution < -0.4 is 5.32 Å². The van der Waals surface area contributed by atoms with Gasteiger partial charge >= 0.3 is 0 Å². The molecule has 96 valence electrons. The van der Waals surface area contributed by atoms with Crippen LogP contribution in [0, 0.1) is 0 Å². The summed E-state index contributed by atoms with van der Waals surface area (Å²) in [6.07, 6.45) is 1.04. The zero-order valence-electron chi connectivity index (χ0n) is 11.0. The summed E-state index contributed by atoms with van der Waals surface area (Å²) in [6.45, 7) is 2.64. The lowest BCUT2D eigenvalue weighted by Crippen LogP contribution is -2.12. The van der Waals surface area contributed by atoms with Gasteiger partial charge < -0.3 is 5.32 Å². The molecule has 0 unspecified atom stereocenters. The molecule has 1 aliphatic heterocycles. The van der Waals surface area contributed by atoms with Gasteiger partial charge in [-0.2, -0.15) is 0 Å². The second-order valence-electron chi connectivity index (χ2n) is 5.01. The second kappa shape index (κ2) is 4.88. The molecule has 1 aliphatic rings.